The van der Waals surface area contributed by atoms with Gasteiger partial charge in [-0.15, -0.1) is 0 Å². The zero-order chi connectivity index (χ0) is 11.2. The summed E-state index contributed by atoms with van der Waals surface area (Å²) in [6.07, 6.45) is 2.09. The molecule has 0 fully saturated rings. The minimum atomic E-state index is -3.68. The second-order valence-electron chi connectivity index (χ2n) is 2.50. The van der Waals surface area contributed by atoms with Gasteiger partial charge in [0.1, 0.15) is 6.04 Å². The monoisotopic (exact) mass is 242 g/mol. The first-order valence-electron chi connectivity index (χ1n) is 3.85. The van der Waals surface area contributed by atoms with Crippen molar-refractivity contribution in [3.63, 3.8) is 0 Å². The van der Waals surface area contributed by atoms with Gasteiger partial charge in [0, 0.05) is 7.05 Å². The molecular weight excluding hydrogens is 228 g/mol. The molecule has 84 valence electrons. The molecule has 0 spiro atoms. The Balaban J connectivity index is 4.31. The maximum absolute atomic E-state index is 11.0. The minimum Gasteiger partial charge on any atom is -0.480 e. The molecule has 8 heteroatoms. The van der Waals surface area contributed by atoms with E-state index in [-0.39, 0.29) is 6.42 Å². The molecule has 0 heterocycles. The van der Waals surface area contributed by atoms with Crippen LogP contribution in [0.2, 0.25) is 0 Å². The molecule has 0 aliphatic rings. The molecule has 0 radical (unpaired) electrons. The molecule has 0 aliphatic carbocycles. The smallest absolute Gasteiger partial charge is 0.321 e. The van der Waals surface area contributed by atoms with E-state index in [0.29, 0.717) is 5.75 Å². The average Bonchev–Trinajstić information content (AvgIpc) is 2.12. The number of carbonyl (C=O) groups is 1. The van der Waals surface area contributed by atoms with E-state index in [1.807, 2.05) is 15.7 Å². The number of hydrogen-bond acceptors (Lipinski definition) is 4. The molecule has 0 saturated carbocycles. The standard InChI is InChI=1S/C6H14N2O4S2/c1-7-14(11,12)8-5(6(9)10)3-4-13-2/h5,7-8H,3-4H2,1-2H3,(H,9,10)/t5-/m0/s1. The summed E-state index contributed by atoms with van der Waals surface area (Å²) in [6, 6.07) is -1.07. The van der Waals surface area contributed by atoms with Gasteiger partial charge in [0.2, 0.25) is 0 Å². The Labute approximate surface area is 87.6 Å². The Morgan fingerprint density at radius 3 is 2.50 bits per heavy atom. The normalized spacial score (nSPS) is 13.9. The molecule has 14 heavy (non-hydrogen) atoms. The number of nitrogens with one attached hydrogen (secondary N) is 2. The SMILES string of the molecule is CNS(=O)(=O)N[C@@H](CCSC)C(=O)O. The number of rotatable bonds is 7. The minimum absolute atomic E-state index is 0.261. The lowest BCUT2D eigenvalue weighted by molar-refractivity contribution is -0.139. The lowest BCUT2D eigenvalue weighted by atomic mass is 10.2. The fourth-order valence-electron chi connectivity index (χ4n) is 0.715. The van der Waals surface area contributed by atoms with E-state index in [0.717, 1.165) is 0 Å². The second-order valence-corrected chi connectivity index (χ2v) is 5.13. The molecule has 0 aromatic heterocycles. The van der Waals surface area contributed by atoms with Crippen LogP contribution in [0.3, 0.4) is 0 Å². The average molecular weight is 242 g/mol. The molecule has 0 aromatic carbocycles. The van der Waals surface area contributed by atoms with Gasteiger partial charge in [0.15, 0.2) is 0 Å². The van der Waals surface area contributed by atoms with Crippen LogP contribution >= 0.6 is 11.8 Å². The van der Waals surface area contributed by atoms with Gasteiger partial charge in [0.25, 0.3) is 10.2 Å². The highest BCUT2D eigenvalue weighted by molar-refractivity contribution is 7.98. The van der Waals surface area contributed by atoms with Gasteiger partial charge in [-0.05, 0) is 18.4 Å². The van der Waals surface area contributed by atoms with E-state index in [1.165, 1.54) is 18.8 Å². The van der Waals surface area contributed by atoms with Gasteiger partial charge < -0.3 is 5.11 Å². The third-order valence-corrected chi connectivity index (χ3v) is 3.25. The third kappa shape index (κ3) is 5.43. The molecule has 0 amide bonds. The van der Waals surface area contributed by atoms with E-state index in [1.54, 1.807) is 0 Å². The van der Waals surface area contributed by atoms with Gasteiger partial charge in [0.05, 0.1) is 0 Å². The summed E-state index contributed by atoms with van der Waals surface area (Å²) < 4.78 is 26.0. The fourth-order valence-corrected chi connectivity index (χ4v) is 1.90. The maximum atomic E-state index is 11.0. The van der Waals surface area contributed by atoms with Crippen LogP contribution in [-0.2, 0) is 15.0 Å². The van der Waals surface area contributed by atoms with Gasteiger partial charge >= 0.3 is 5.97 Å². The van der Waals surface area contributed by atoms with Gasteiger partial charge in [-0.25, -0.2) is 4.72 Å². The van der Waals surface area contributed by atoms with E-state index in [2.05, 4.69) is 0 Å². The van der Waals surface area contributed by atoms with Crippen molar-refractivity contribution in [3.8, 4) is 0 Å². The van der Waals surface area contributed by atoms with E-state index < -0.39 is 22.2 Å². The zero-order valence-electron chi connectivity index (χ0n) is 7.98. The van der Waals surface area contributed by atoms with Crippen molar-refractivity contribution in [1.82, 2.24) is 9.44 Å². The third-order valence-electron chi connectivity index (χ3n) is 1.47. The molecule has 1 atom stereocenters. The largest absolute Gasteiger partial charge is 0.480 e. The molecule has 3 N–H and O–H groups in total. The summed E-state index contributed by atoms with van der Waals surface area (Å²) in [5, 5.41) is 8.69. The van der Waals surface area contributed by atoms with Crippen molar-refractivity contribution >= 4 is 27.9 Å². The summed E-state index contributed by atoms with van der Waals surface area (Å²) in [7, 11) is -2.47. The van der Waals surface area contributed by atoms with Crippen LogP contribution in [-0.4, -0.2) is 44.6 Å². The van der Waals surface area contributed by atoms with Crippen molar-refractivity contribution < 1.29 is 18.3 Å². The second kappa shape index (κ2) is 6.23. The van der Waals surface area contributed by atoms with Crippen molar-refractivity contribution in [3.05, 3.63) is 0 Å². The number of carboxylic acid groups (broad SMARTS) is 1. The first-order valence-corrected chi connectivity index (χ1v) is 6.73. The van der Waals surface area contributed by atoms with E-state index in [4.69, 9.17) is 5.11 Å². The summed E-state index contributed by atoms with van der Waals surface area (Å²) in [5.74, 6) is -0.582. The molecule has 0 unspecified atom stereocenters. The van der Waals surface area contributed by atoms with Gasteiger partial charge in [-0.3, -0.25) is 4.79 Å². The topological polar surface area (TPSA) is 95.5 Å². The number of thioether (sulfide) groups is 1. The van der Waals surface area contributed by atoms with Crippen LogP contribution in [0.25, 0.3) is 0 Å². The van der Waals surface area contributed by atoms with Crippen LogP contribution in [0.1, 0.15) is 6.42 Å². The predicted molar refractivity (Wildman–Crippen MR) is 55.5 cm³/mol. The Hall–Kier alpha value is -0.310. The fraction of sp³-hybridized carbons (Fsp3) is 0.833. The lowest BCUT2D eigenvalue weighted by Crippen LogP contribution is -2.45. The summed E-state index contributed by atoms with van der Waals surface area (Å²) >= 11 is 1.46. The van der Waals surface area contributed by atoms with Crippen LogP contribution in [0.5, 0.6) is 0 Å². The van der Waals surface area contributed by atoms with Crippen LogP contribution < -0.4 is 9.44 Å². The van der Waals surface area contributed by atoms with Crippen LogP contribution in [0.15, 0.2) is 0 Å². The Morgan fingerprint density at radius 2 is 2.14 bits per heavy atom. The van der Waals surface area contributed by atoms with Gasteiger partial charge in [-0.2, -0.15) is 24.9 Å². The van der Waals surface area contributed by atoms with Crippen molar-refractivity contribution in [1.29, 1.82) is 0 Å². The molecular formula is C6H14N2O4S2. The maximum Gasteiger partial charge on any atom is 0.321 e. The number of carboxylic acids is 1. The highest BCUT2D eigenvalue weighted by Gasteiger charge is 2.22. The van der Waals surface area contributed by atoms with Crippen molar-refractivity contribution in [2.45, 2.75) is 12.5 Å². The van der Waals surface area contributed by atoms with E-state index >= 15 is 0 Å². The van der Waals surface area contributed by atoms with Gasteiger partial charge in [-0.1, -0.05) is 0 Å². The summed E-state index contributed by atoms with van der Waals surface area (Å²) in [6.45, 7) is 0. The van der Waals surface area contributed by atoms with E-state index in [9.17, 15) is 13.2 Å². The highest BCUT2D eigenvalue weighted by atomic mass is 32.2. The van der Waals surface area contributed by atoms with Crippen LogP contribution in [0.4, 0.5) is 0 Å². The summed E-state index contributed by atoms with van der Waals surface area (Å²) in [5.41, 5.74) is 0. The Morgan fingerprint density at radius 1 is 1.57 bits per heavy atom. The first-order chi connectivity index (χ1) is 6.43. The lowest BCUT2D eigenvalue weighted by Gasteiger charge is -2.13. The number of hydrogen-bond donors (Lipinski definition) is 3. The first kappa shape index (κ1) is 13.7. The highest BCUT2D eigenvalue weighted by Crippen LogP contribution is 2.01. The Kier molecular flexibility index (Phi) is 6.09. The molecule has 0 aliphatic heterocycles. The predicted octanol–water partition coefficient (Wildman–Crippen LogP) is -0.753. The quantitative estimate of drug-likeness (QED) is 0.546. The molecule has 0 aromatic rings. The zero-order valence-corrected chi connectivity index (χ0v) is 9.61. The van der Waals surface area contributed by atoms with Crippen LogP contribution in [0, 0.1) is 0 Å². The molecule has 0 rings (SSSR count). The molecule has 0 saturated heterocycles. The number of aliphatic carboxylic acids is 1. The summed E-state index contributed by atoms with van der Waals surface area (Å²) in [4.78, 5) is 10.6. The van der Waals surface area contributed by atoms with Crippen molar-refractivity contribution in [2.24, 2.45) is 0 Å². The Bertz CT molecular complexity index is 278. The molecule has 0 bridgehead atoms. The molecule has 6 nitrogen and oxygen atoms in total. The van der Waals surface area contributed by atoms with Crippen molar-refractivity contribution in [2.75, 3.05) is 19.1 Å².